The maximum atomic E-state index is 11.7. The summed E-state index contributed by atoms with van der Waals surface area (Å²) in [4.78, 5) is 12.2. The maximum absolute atomic E-state index is 11.7. The molecule has 1 aromatic heterocycles. The van der Waals surface area contributed by atoms with Gasteiger partial charge in [-0.1, -0.05) is 18.2 Å². The van der Waals surface area contributed by atoms with Crippen LogP contribution in [0.4, 0.5) is 0 Å². The first kappa shape index (κ1) is 11.3. The number of hydrogen-bond donors (Lipinski definition) is 0. The molecule has 1 aromatic carbocycles. The fourth-order valence-electron chi connectivity index (χ4n) is 1.43. The number of carbonyl (C=O) groups is 1. The van der Waals surface area contributed by atoms with E-state index in [1.165, 1.54) is 11.3 Å². The summed E-state index contributed by atoms with van der Waals surface area (Å²) in [5.41, 5.74) is 0. The third-order valence-corrected chi connectivity index (χ3v) is 4.04. The standard InChI is InChI=1S/C11H10O3S2/c1-16(13,14)7-9(12)11-6-8-4-2-3-5-10(8)15-11/h2-6H,7H2,1H3. The minimum atomic E-state index is -3.25. The van der Waals surface area contributed by atoms with Crippen molar-refractivity contribution in [1.82, 2.24) is 0 Å². The Hall–Kier alpha value is -1.20. The quantitative estimate of drug-likeness (QED) is 0.788. The average molecular weight is 254 g/mol. The highest BCUT2D eigenvalue weighted by atomic mass is 32.2. The Kier molecular flexibility index (Phi) is 2.82. The van der Waals surface area contributed by atoms with Crippen LogP contribution in [0.3, 0.4) is 0 Å². The Balaban J connectivity index is 2.37. The second-order valence-electron chi connectivity index (χ2n) is 3.64. The van der Waals surface area contributed by atoms with Crippen LogP contribution in [0, 0.1) is 0 Å². The molecular formula is C11H10O3S2. The van der Waals surface area contributed by atoms with Crippen molar-refractivity contribution in [2.45, 2.75) is 0 Å². The summed E-state index contributed by atoms with van der Waals surface area (Å²) in [5.74, 6) is -0.747. The van der Waals surface area contributed by atoms with Crippen LogP contribution in [-0.4, -0.2) is 26.2 Å². The van der Waals surface area contributed by atoms with Gasteiger partial charge < -0.3 is 0 Å². The highest BCUT2D eigenvalue weighted by molar-refractivity contribution is 7.91. The molecule has 84 valence electrons. The van der Waals surface area contributed by atoms with E-state index >= 15 is 0 Å². The summed E-state index contributed by atoms with van der Waals surface area (Å²) in [6, 6.07) is 9.34. The smallest absolute Gasteiger partial charge is 0.187 e. The van der Waals surface area contributed by atoms with E-state index in [9.17, 15) is 13.2 Å². The Bertz CT molecular complexity index is 605. The van der Waals surface area contributed by atoms with Crippen molar-refractivity contribution in [3.05, 3.63) is 35.2 Å². The highest BCUT2D eigenvalue weighted by Gasteiger charge is 2.15. The molecule has 1 heterocycles. The molecule has 2 aromatic rings. The molecule has 0 aliphatic heterocycles. The maximum Gasteiger partial charge on any atom is 0.187 e. The number of Topliss-reactive ketones (excluding diaryl/α,β-unsaturated/α-hetero) is 1. The molecule has 0 aliphatic rings. The molecule has 0 aliphatic carbocycles. The monoisotopic (exact) mass is 254 g/mol. The van der Waals surface area contributed by atoms with Gasteiger partial charge in [-0.05, 0) is 17.5 Å². The van der Waals surface area contributed by atoms with E-state index in [-0.39, 0.29) is 5.78 Å². The van der Waals surface area contributed by atoms with Gasteiger partial charge in [0.2, 0.25) is 0 Å². The van der Waals surface area contributed by atoms with Crippen molar-refractivity contribution >= 4 is 37.0 Å². The van der Waals surface area contributed by atoms with Gasteiger partial charge in [0, 0.05) is 11.0 Å². The molecule has 0 radical (unpaired) electrons. The van der Waals surface area contributed by atoms with E-state index in [4.69, 9.17) is 0 Å². The molecule has 0 atom stereocenters. The lowest BCUT2D eigenvalue weighted by Gasteiger charge is -1.93. The topological polar surface area (TPSA) is 51.2 Å². The average Bonchev–Trinajstić information content (AvgIpc) is 2.58. The normalized spacial score (nSPS) is 11.8. The van der Waals surface area contributed by atoms with Crippen LogP contribution in [0.15, 0.2) is 30.3 Å². The number of carbonyl (C=O) groups excluding carboxylic acids is 1. The minimum absolute atomic E-state index is 0.330. The van der Waals surface area contributed by atoms with E-state index < -0.39 is 15.6 Å². The number of hydrogen-bond acceptors (Lipinski definition) is 4. The molecule has 3 nitrogen and oxygen atoms in total. The second-order valence-corrected chi connectivity index (χ2v) is 6.87. The van der Waals surface area contributed by atoms with Crippen LogP contribution in [-0.2, 0) is 9.84 Å². The molecule has 16 heavy (non-hydrogen) atoms. The molecular weight excluding hydrogens is 244 g/mol. The van der Waals surface area contributed by atoms with Crippen molar-refractivity contribution in [2.75, 3.05) is 12.0 Å². The van der Waals surface area contributed by atoms with Gasteiger partial charge >= 0.3 is 0 Å². The zero-order valence-electron chi connectivity index (χ0n) is 8.64. The second kappa shape index (κ2) is 3.99. The lowest BCUT2D eigenvalue weighted by atomic mass is 10.2. The Labute approximate surface area is 97.6 Å². The molecule has 0 bridgehead atoms. The van der Waals surface area contributed by atoms with Crippen LogP contribution in [0.2, 0.25) is 0 Å². The highest BCUT2D eigenvalue weighted by Crippen LogP contribution is 2.25. The van der Waals surface area contributed by atoms with Crippen LogP contribution < -0.4 is 0 Å². The third kappa shape index (κ3) is 2.48. The van der Waals surface area contributed by atoms with Gasteiger partial charge in [-0.2, -0.15) is 0 Å². The largest absolute Gasteiger partial charge is 0.292 e. The van der Waals surface area contributed by atoms with Crippen molar-refractivity contribution in [1.29, 1.82) is 0 Å². The fourth-order valence-corrected chi connectivity index (χ4v) is 3.15. The van der Waals surface area contributed by atoms with E-state index in [2.05, 4.69) is 0 Å². The number of fused-ring (bicyclic) bond motifs is 1. The molecule has 0 amide bonds. The van der Waals surface area contributed by atoms with Crippen molar-refractivity contribution in [3.63, 3.8) is 0 Å². The summed E-state index contributed by atoms with van der Waals surface area (Å²) < 4.78 is 23.0. The Morgan fingerprint density at radius 1 is 1.31 bits per heavy atom. The first-order valence-electron chi connectivity index (χ1n) is 4.65. The first-order valence-corrected chi connectivity index (χ1v) is 7.53. The Morgan fingerprint density at radius 2 is 2.00 bits per heavy atom. The van der Waals surface area contributed by atoms with Gasteiger partial charge in [0.25, 0.3) is 0 Å². The van der Waals surface area contributed by atoms with Crippen LogP contribution in [0.25, 0.3) is 10.1 Å². The van der Waals surface area contributed by atoms with Crippen molar-refractivity contribution in [3.8, 4) is 0 Å². The number of rotatable bonds is 3. The molecule has 0 N–H and O–H groups in total. The summed E-state index contributed by atoms with van der Waals surface area (Å²) in [5, 5.41) is 0.976. The van der Waals surface area contributed by atoms with Gasteiger partial charge in [-0.25, -0.2) is 8.42 Å². The number of sulfone groups is 1. The van der Waals surface area contributed by atoms with Crippen LogP contribution in [0.5, 0.6) is 0 Å². The molecule has 0 saturated carbocycles. The SMILES string of the molecule is CS(=O)(=O)CC(=O)c1cc2ccccc2s1. The van der Waals surface area contributed by atoms with Gasteiger partial charge in [0.05, 0.1) is 4.88 Å². The summed E-state index contributed by atoms with van der Waals surface area (Å²) in [6.07, 6.45) is 1.07. The van der Waals surface area contributed by atoms with Gasteiger partial charge in [-0.15, -0.1) is 11.3 Å². The molecule has 2 rings (SSSR count). The summed E-state index contributed by atoms with van der Waals surface area (Å²) in [6.45, 7) is 0. The van der Waals surface area contributed by atoms with Crippen LogP contribution in [0.1, 0.15) is 9.67 Å². The lowest BCUT2D eigenvalue weighted by molar-refractivity contribution is 0.102. The van der Waals surface area contributed by atoms with Crippen LogP contribution >= 0.6 is 11.3 Å². The van der Waals surface area contributed by atoms with Gasteiger partial charge in [0.1, 0.15) is 5.75 Å². The van der Waals surface area contributed by atoms with Gasteiger partial charge in [-0.3, -0.25) is 4.79 Å². The van der Waals surface area contributed by atoms with Crippen molar-refractivity contribution < 1.29 is 13.2 Å². The van der Waals surface area contributed by atoms with E-state index in [0.717, 1.165) is 16.3 Å². The summed E-state index contributed by atoms with van der Waals surface area (Å²) >= 11 is 1.33. The minimum Gasteiger partial charge on any atom is -0.292 e. The lowest BCUT2D eigenvalue weighted by Crippen LogP contribution is -2.13. The predicted molar refractivity (Wildman–Crippen MR) is 65.9 cm³/mol. The number of thiophene rings is 1. The predicted octanol–water partition coefficient (Wildman–Crippen LogP) is 2.13. The van der Waals surface area contributed by atoms with E-state index in [0.29, 0.717) is 4.88 Å². The third-order valence-electron chi connectivity index (χ3n) is 2.09. The molecule has 0 fully saturated rings. The van der Waals surface area contributed by atoms with E-state index in [1.54, 1.807) is 6.07 Å². The summed E-state index contributed by atoms with van der Waals surface area (Å²) in [7, 11) is -3.25. The molecule has 5 heteroatoms. The zero-order chi connectivity index (χ0) is 11.8. The molecule has 0 unspecified atom stereocenters. The first-order chi connectivity index (χ1) is 7.46. The molecule has 0 spiro atoms. The number of ketones is 1. The number of benzene rings is 1. The van der Waals surface area contributed by atoms with Gasteiger partial charge in [0.15, 0.2) is 15.6 Å². The van der Waals surface area contributed by atoms with E-state index in [1.807, 2.05) is 24.3 Å². The Morgan fingerprint density at radius 3 is 2.62 bits per heavy atom. The van der Waals surface area contributed by atoms with Crippen molar-refractivity contribution in [2.24, 2.45) is 0 Å². The fraction of sp³-hybridized carbons (Fsp3) is 0.182. The molecule has 0 saturated heterocycles. The zero-order valence-corrected chi connectivity index (χ0v) is 10.3.